The average molecular weight is 520 g/mol. The molecule has 0 aliphatic heterocycles. The molecule has 1 aliphatic rings. The molecule has 4 nitrogen and oxygen atoms in total. The van der Waals surface area contributed by atoms with E-state index in [0.29, 0.717) is 10.9 Å². The molecular formula is C31H31ClFNO3. The van der Waals surface area contributed by atoms with Crippen LogP contribution in [0.15, 0.2) is 83.9 Å². The van der Waals surface area contributed by atoms with Gasteiger partial charge in [0, 0.05) is 22.5 Å². The number of aliphatic carboxylic acids is 1. The second-order valence-electron chi connectivity index (χ2n) is 9.47. The van der Waals surface area contributed by atoms with Gasteiger partial charge in [-0.05, 0) is 71.4 Å². The normalized spacial score (nSPS) is 16.7. The Morgan fingerprint density at radius 2 is 1.81 bits per heavy atom. The van der Waals surface area contributed by atoms with Crippen molar-refractivity contribution in [3.05, 3.63) is 106 Å². The average Bonchev–Trinajstić information content (AvgIpc) is 2.90. The lowest BCUT2D eigenvalue weighted by Crippen LogP contribution is -2.26. The molecule has 0 radical (unpaired) electrons. The number of rotatable bonds is 10. The number of hydrogen-bond acceptors (Lipinski definition) is 2. The lowest BCUT2D eigenvalue weighted by molar-refractivity contribution is -0.136. The molecule has 0 saturated heterocycles. The highest BCUT2D eigenvalue weighted by Crippen LogP contribution is 2.47. The number of halogens is 2. The number of benzene rings is 3. The van der Waals surface area contributed by atoms with Crippen LogP contribution in [-0.2, 0) is 4.79 Å². The van der Waals surface area contributed by atoms with Gasteiger partial charge in [-0.25, -0.2) is 4.39 Å². The zero-order chi connectivity index (χ0) is 26.4. The van der Waals surface area contributed by atoms with Crippen molar-refractivity contribution in [1.82, 2.24) is 5.32 Å². The number of carboxylic acid groups (broad SMARTS) is 1. The van der Waals surface area contributed by atoms with Crippen LogP contribution < -0.4 is 5.32 Å². The zero-order valence-corrected chi connectivity index (χ0v) is 21.5. The van der Waals surface area contributed by atoms with E-state index in [1.165, 1.54) is 0 Å². The highest BCUT2D eigenvalue weighted by Gasteiger charge is 2.32. The maximum atomic E-state index is 14.7. The van der Waals surface area contributed by atoms with Gasteiger partial charge in [0.1, 0.15) is 5.82 Å². The van der Waals surface area contributed by atoms with Crippen LogP contribution in [0.3, 0.4) is 0 Å². The first-order chi connectivity index (χ1) is 17.9. The van der Waals surface area contributed by atoms with Gasteiger partial charge in [0.15, 0.2) is 0 Å². The molecule has 37 heavy (non-hydrogen) atoms. The number of carbonyl (C=O) groups excluding carboxylic acids is 1. The smallest absolute Gasteiger partial charge is 0.305 e. The monoisotopic (exact) mass is 519 g/mol. The first-order valence-electron chi connectivity index (χ1n) is 12.7. The molecule has 3 aromatic rings. The first-order valence-corrected chi connectivity index (χ1v) is 13.1. The third-order valence-electron chi connectivity index (χ3n) is 7.07. The van der Waals surface area contributed by atoms with E-state index < -0.39 is 5.97 Å². The molecule has 0 spiro atoms. The number of allylic oxidation sites excluding steroid dienone is 4. The van der Waals surface area contributed by atoms with Gasteiger partial charge >= 0.3 is 5.97 Å². The summed E-state index contributed by atoms with van der Waals surface area (Å²) in [5, 5.41) is 13.7. The predicted octanol–water partition coefficient (Wildman–Crippen LogP) is 7.55. The van der Waals surface area contributed by atoms with Crippen LogP contribution in [0.25, 0.3) is 10.8 Å². The highest BCUT2D eigenvalue weighted by atomic mass is 35.5. The minimum absolute atomic E-state index is 0.0676. The van der Waals surface area contributed by atoms with Gasteiger partial charge in [-0.3, -0.25) is 9.59 Å². The van der Waals surface area contributed by atoms with Gasteiger partial charge in [-0.15, -0.1) is 0 Å². The molecule has 1 amide bonds. The van der Waals surface area contributed by atoms with Crippen LogP contribution in [0.4, 0.5) is 4.39 Å². The van der Waals surface area contributed by atoms with Crippen LogP contribution in [-0.4, -0.2) is 23.5 Å². The van der Waals surface area contributed by atoms with E-state index in [2.05, 4.69) is 18.3 Å². The van der Waals surface area contributed by atoms with Gasteiger partial charge in [-0.2, -0.15) is 0 Å². The molecule has 4 rings (SSSR count). The molecule has 192 valence electrons. The van der Waals surface area contributed by atoms with E-state index in [9.17, 15) is 14.0 Å². The Kier molecular flexibility index (Phi) is 8.78. The van der Waals surface area contributed by atoms with Crippen molar-refractivity contribution in [2.24, 2.45) is 5.92 Å². The minimum atomic E-state index is -0.953. The van der Waals surface area contributed by atoms with E-state index in [4.69, 9.17) is 16.7 Å². The van der Waals surface area contributed by atoms with Crippen LogP contribution in [0.5, 0.6) is 0 Å². The maximum Gasteiger partial charge on any atom is 0.305 e. The Morgan fingerprint density at radius 1 is 1.08 bits per heavy atom. The van der Waals surface area contributed by atoms with Crippen molar-refractivity contribution in [3.63, 3.8) is 0 Å². The minimum Gasteiger partial charge on any atom is -0.481 e. The van der Waals surface area contributed by atoms with E-state index in [1.807, 2.05) is 54.6 Å². The third-order valence-corrected chi connectivity index (χ3v) is 7.35. The fourth-order valence-electron chi connectivity index (χ4n) is 5.33. The fraction of sp³-hybridized carbons (Fsp3) is 0.290. The molecule has 3 aromatic carbocycles. The van der Waals surface area contributed by atoms with Crippen molar-refractivity contribution in [2.75, 3.05) is 6.54 Å². The standard InChI is InChI=1S/C31H31ClFNO3/c1-2-5-24(20-8-10-22(11-9-20)31(37)34-19-18-29(35)36)30(21-12-14-23(32)15-13-21)27-16-17-28(33)26-7-4-3-6-25(26)27/h3-4,6-12,14-17,21,24,30H,2,5,13,18-19H2,1H3,(H,34,37)(H,35,36)/t21?,24-,30?/m1/s1. The summed E-state index contributed by atoms with van der Waals surface area (Å²) < 4.78 is 14.7. The van der Waals surface area contributed by atoms with Crippen LogP contribution in [0.1, 0.15) is 65.9 Å². The molecule has 3 atom stereocenters. The van der Waals surface area contributed by atoms with Crippen LogP contribution in [0, 0.1) is 11.7 Å². The Balaban J connectivity index is 1.73. The van der Waals surface area contributed by atoms with Gasteiger partial charge in [0.05, 0.1) is 6.42 Å². The zero-order valence-electron chi connectivity index (χ0n) is 20.8. The molecule has 0 fully saturated rings. The van der Waals surface area contributed by atoms with Crippen molar-refractivity contribution in [3.8, 4) is 0 Å². The van der Waals surface area contributed by atoms with Crippen molar-refractivity contribution < 1.29 is 19.1 Å². The maximum absolute atomic E-state index is 14.7. The SMILES string of the molecule is CCC[C@H](c1ccc(C(=O)NCCC(=O)O)cc1)C(c1ccc(F)c2ccccc12)C1C=CC(Cl)=CC1. The predicted molar refractivity (Wildman–Crippen MR) is 147 cm³/mol. The lowest BCUT2D eigenvalue weighted by atomic mass is 9.69. The Bertz CT molecular complexity index is 1330. The number of nitrogens with one attached hydrogen (secondary N) is 1. The van der Waals surface area contributed by atoms with Gasteiger partial charge in [0.25, 0.3) is 5.91 Å². The number of carbonyl (C=O) groups is 2. The molecule has 6 heteroatoms. The molecule has 1 aliphatic carbocycles. The summed E-state index contributed by atoms with van der Waals surface area (Å²) in [5.41, 5.74) is 2.70. The summed E-state index contributed by atoms with van der Waals surface area (Å²) in [6.45, 7) is 2.24. The summed E-state index contributed by atoms with van der Waals surface area (Å²) in [6, 6.07) is 18.7. The molecule has 0 aromatic heterocycles. The van der Waals surface area contributed by atoms with Gasteiger partial charge in [-0.1, -0.05) is 79.6 Å². The molecule has 2 N–H and O–H groups in total. The van der Waals surface area contributed by atoms with E-state index in [0.717, 1.165) is 40.8 Å². The lowest BCUT2D eigenvalue weighted by Gasteiger charge is -2.35. The quantitative estimate of drug-likeness (QED) is 0.290. The Hall–Kier alpha value is -3.44. The second kappa shape index (κ2) is 12.2. The third kappa shape index (κ3) is 6.28. The van der Waals surface area contributed by atoms with Crippen molar-refractivity contribution in [2.45, 2.75) is 44.4 Å². The molecule has 0 bridgehead atoms. The summed E-state index contributed by atoms with van der Waals surface area (Å²) in [5.74, 6) is -1.11. The molecule has 0 heterocycles. The molecule has 2 unspecified atom stereocenters. The number of hydrogen-bond donors (Lipinski definition) is 2. The largest absolute Gasteiger partial charge is 0.481 e. The van der Waals surface area contributed by atoms with E-state index in [-0.39, 0.29) is 42.4 Å². The van der Waals surface area contributed by atoms with Crippen LogP contribution in [0.2, 0.25) is 0 Å². The van der Waals surface area contributed by atoms with Crippen molar-refractivity contribution >= 4 is 34.2 Å². The Labute approximate surface area is 221 Å². The second-order valence-corrected chi connectivity index (χ2v) is 9.91. The van der Waals surface area contributed by atoms with Crippen LogP contribution >= 0.6 is 11.6 Å². The Morgan fingerprint density at radius 3 is 2.46 bits per heavy atom. The summed E-state index contributed by atoms with van der Waals surface area (Å²) in [6.07, 6.45) is 8.70. The number of carboxylic acids is 1. The fourth-order valence-corrected chi connectivity index (χ4v) is 5.49. The van der Waals surface area contributed by atoms with E-state index >= 15 is 0 Å². The van der Waals surface area contributed by atoms with Crippen molar-refractivity contribution in [1.29, 1.82) is 0 Å². The first kappa shape index (κ1) is 26.6. The molecule has 0 saturated carbocycles. The van der Waals surface area contributed by atoms with E-state index in [1.54, 1.807) is 18.2 Å². The molecular weight excluding hydrogens is 489 g/mol. The number of fused-ring (bicyclic) bond motifs is 1. The van der Waals surface area contributed by atoms with Gasteiger partial charge in [0.2, 0.25) is 0 Å². The number of amides is 1. The summed E-state index contributed by atoms with van der Waals surface area (Å²) in [7, 11) is 0. The summed E-state index contributed by atoms with van der Waals surface area (Å²) in [4.78, 5) is 23.2. The topological polar surface area (TPSA) is 66.4 Å². The van der Waals surface area contributed by atoms with Gasteiger partial charge < -0.3 is 10.4 Å². The summed E-state index contributed by atoms with van der Waals surface area (Å²) >= 11 is 6.26. The highest BCUT2D eigenvalue weighted by molar-refractivity contribution is 6.31.